The van der Waals surface area contributed by atoms with Crippen LogP contribution < -0.4 is 0 Å². The van der Waals surface area contributed by atoms with Crippen molar-refractivity contribution in [3.05, 3.63) is 75.8 Å². The Morgan fingerprint density at radius 3 is 2.20 bits per heavy atom. The van der Waals surface area contributed by atoms with Crippen molar-refractivity contribution in [1.29, 1.82) is 0 Å². The molecule has 3 aromatic rings. The van der Waals surface area contributed by atoms with Crippen molar-refractivity contribution in [2.75, 3.05) is 0 Å². The molecule has 2 aromatic heterocycles. The molecule has 1 aromatic carbocycles. The number of aromatic nitrogens is 2. The Morgan fingerprint density at radius 1 is 1.00 bits per heavy atom. The molecule has 4 rings (SSSR count). The highest BCUT2D eigenvalue weighted by atomic mass is 16.5. The topological polar surface area (TPSA) is 65.1 Å². The van der Waals surface area contributed by atoms with Crippen molar-refractivity contribution in [3.63, 3.8) is 0 Å². The van der Waals surface area contributed by atoms with Crippen molar-refractivity contribution in [3.8, 4) is 5.82 Å². The number of ketones is 2. The lowest BCUT2D eigenvalue weighted by Crippen LogP contribution is -2.01. The van der Waals surface area contributed by atoms with Gasteiger partial charge in [0.1, 0.15) is 5.76 Å². The monoisotopic (exact) mass is 332 g/mol. The molecule has 0 radical (unpaired) electrons. The molecule has 0 aliphatic heterocycles. The van der Waals surface area contributed by atoms with Crippen LogP contribution in [0.1, 0.15) is 43.4 Å². The minimum absolute atomic E-state index is 0.206. The number of nitrogens with zero attached hydrogens (tertiary/aromatic N) is 2. The van der Waals surface area contributed by atoms with Crippen LogP contribution in [0.15, 0.2) is 46.5 Å². The number of hydrogen-bond donors (Lipinski definition) is 0. The molecule has 0 atom stereocenters. The van der Waals surface area contributed by atoms with Gasteiger partial charge >= 0.3 is 0 Å². The standard InChI is InChI=1S/C20H16N2O3/c1-11-8-14(13(3)22(11)18-9-12(2)25-21-18)10-17-19(23)15-6-4-5-7-16(15)20(17)24/h4-10H,1-3H3. The number of carbonyl (C=O) groups excluding carboxylic acids is 2. The molecule has 0 fully saturated rings. The first-order chi connectivity index (χ1) is 12.0. The molecule has 25 heavy (non-hydrogen) atoms. The molecule has 0 spiro atoms. The molecular formula is C20H16N2O3. The molecule has 0 bridgehead atoms. The third-order valence-corrected chi connectivity index (χ3v) is 4.52. The summed E-state index contributed by atoms with van der Waals surface area (Å²) >= 11 is 0. The Balaban J connectivity index is 1.81. The third-order valence-electron chi connectivity index (χ3n) is 4.52. The van der Waals surface area contributed by atoms with Gasteiger partial charge in [0.25, 0.3) is 0 Å². The second-order valence-corrected chi connectivity index (χ2v) is 6.22. The van der Waals surface area contributed by atoms with Crippen LogP contribution in [0.5, 0.6) is 0 Å². The first-order valence-corrected chi connectivity index (χ1v) is 8.00. The van der Waals surface area contributed by atoms with Crippen molar-refractivity contribution in [2.24, 2.45) is 0 Å². The summed E-state index contributed by atoms with van der Waals surface area (Å²) in [5.41, 5.74) is 3.82. The average Bonchev–Trinajstić information content (AvgIpc) is 3.20. The SMILES string of the molecule is Cc1cc(-n2c(C)cc(C=C3C(=O)c4ccccc4C3=O)c2C)no1. The fourth-order valence-corrected chi connectivity index (χ4v) is 3.30. The molecule has 0 N–H and O–H groups in total. The van der Waals surface area contributed by atoms with Gasteiger partial charge in [0.2, 0.25) is 0 Å². The van der Waals surface area contributed by atoms with E-state index in [1.54, 1.807) is 30.3 Å². The van der Waals surface area contributed by atoms with Crippen LogP contribution in [0.4, 0.5) is 0 Å². The minimum atomic E-state index is -0.220. The first-order valence-electron chi connectivity index (χ1n) is 8.00. The Bertz CT molecular complexity index is 1030. The van der Waals surface area contributed by atoms with E-state index in [1.165, 1.54) is 0 Å². The molecule has 124 valence electrons. The molecule has 1 aliphatic carbocycles. The summed E-state index contributed by atoms with van der Waals surface area (Å²) in [7, 11) is 0. The van der Waals surface area contributed by atoms with Crippen LogP contribution in [0.3, 0.4) is 0 Å². The van der Waals surface area contributed by atoms with E-state index in [0.29, 0.717) is 16.9 Å². The maximum Gasteiger partial charge on any atom is 0.197 e. The average molecular weight is 332 g/mol. The zero-order valence-electron chi connectivity index (χ0n) is 14.2. The Labute approximate surface area is 144 Å². The summed E-state index contributed by atoms with van der Waals surface area (Å²) in [6.45, 7) is 5.72. The van der Waals surface area contributed by atoms with Crippen molar-refractivity contribution >= 4 is 17.6 Å². The molecule has 0 unspecified atom stereocenters. The lowest BCUT2D eigenvalue weighted by Gasteiger charge is -2.04. The highest BCUT2D eigenvalue weighted by Crippen LogP contribution is 2.29. The van der Waals surface area contributed by atoms with Crippen LogP contribution in [0.2, 0.25) is 0 Å². The second kappa shape index (κ2) is 5.41. The number of benzene rings is 1. The quantitative estimate of drug-likeness (QED) is 0.528. The highest BCUT2D eigenvalue weighted by molar-refractivity contribution is 6.41. The predicted molar refractivity (Wildman–Crippen MR) is 93.1 cm³/mol. The molecule has 5 heteroatoms. The Kier molecular flexibility index (Phi) is 3.32. The van der Waals surface area contributed by atoms with Gasteiger partial charge in [-0.2, -0.15) is 0 Å². The van der Waals surface area contributed by atoms with Gasteiger partial charge in [0, 0.05) is 28.6 Å². The summed E-state index contributed by atoms with van der Waals surface area (Å²) in [6.07, 6.45) is 1.68. The van der Waals surface area contributed by atoms with Crippen LogP contribution in [0.25, 0.3) is 11.9 Å². The van der Waals surface area contributed by atoms with Gasteiger partial charge in [0.05, 0.1) is 5.57 Å². The van der Waals surface area contributed by atoms with E-state index < -0.39 is 0 Å². The second-order valence-electron chi connectivity index (χ2n) is 6.22. The van der Waals surface area contributed by atoms with Gasteiger partial charge < -0.3 is 4.52 Å². The lowest BCUT2D eigenvalue weighted by molar-refractivity contribution is 0.0990. The van der Waals surface area contributed by atoms with E-state index in [9.17, 15) is 9.59 Å². The summed E-state index contributed by atoms with van der Waals surface area (Å²) in [6, 6.07) is 10.7. The maximum atomic E-state index is 12.6. The van der Waals surface area contributed by atoms with Crippen molar-refractivity contribution < 1.29 is 14.1 Å². The van der Waals surface area contributed by atoms with E-state index in [4.69, 9.17) is 4.52 Å². The molecule has 0 saturated heterocycles. The van der Waals surface area contributed by atoms with Crippen LogP contribution in [0, 0.1) is 20.8 Å². The number of carbonyl (C=O) groups is 2. The Hall–Kier alpha value is -3.21. The summed E-state index contributed by atoms with van der Waals surface area (Å²) in [5.74, 6) is 0.967. The summed E-state index contributed by atoms with van der Waals surface area (Å²) in [5, 5.41) is 4.05. The summed E-state index contributed by atoms with van der Waals surface area (Å²) in [4.78, 5) is 25.1. The largest absolute Gasteiger partial charge is 0.360 e. The van der Waals surface area contributed by atoms with Crippen molar-refractivity contribution in [2.45, 2.75) is 20.8 Å². The van der Waals surface area contributed by atoms with E-state index in [1.807, 2.05) is 37.5 Å². The number of fused-ring (bicyclic) bond motifs is 1. The fourth-order valence-electron chi connectivity index (χ4n) is 3.30. The Morgan fingerprint density at radius 2 is 1.64 bits per heavy atom. The van der Waals surface area contributed by atoms with Gasteiger partial charge in [-0.3, -0.25) is 14.2 Å². The van der Waals surface area contributed by atoms with Gasteiger partial charge in [0.15, 0.2) is 17.4 Å². The number of allylic oxidation sites excluding steroid dienone is 1. The smallest absolute Gasteiger partial charge is 0.197 e. The van der Waals surface area contributed by atoms with Gasteiger partial charge in [-0.25, -0.2) is 0 Å². The van der Waals surface area contributed by atoms with E-state index in [2.05, 4.69) is 5.16 Å². The van der Waals surface area contributed by atoms with Crippen LogP contribution >= 0.6 is 0 Å². The predicted octanol–water partition coefficient (Wildman–Crippen LogP) is 3.85. The molecular weight excluding hydrogens is 316 g/mol. The van der Waals surface area contributed by atoms with Crippen LogP contribution in [-0.2, 0) is 0 Å². The fraction of sp³-hybridized carbons (Fsp3) is 0.150. The maximum absolute atomic E-state index is 12.6. The van der Waals surface area contributed by atoms with Gasteiger partial charge in [-0.15, -0.1) is 0 Å². The molecule has 2 heterocycles. The number of rotatable bonds is 2. The molecule has 1 aliphatic rings. The minimum Gasteiger partial charge on any atom is -0.360 e. The van der Waals surface area contributed by atoms with Gasteiger partial charge in [-0.1, -0.05) is 29.4 Å². The highest BCUT2D eigenvalue weighted by Gasteiger charge is 2.32. The number of Topliss-reactive ketones (excluding diaryl/α,β-unsaturated/α-hetero) is 2. The molecule has 0 saturated carbocycles. The zero-order valence-corrected chi connectivity index (χ0v) is 14.2. The van der Waals surface area contributed by atoms with E-state index in [0.717, 1.165) is 22.7 Å². The van der Waals surface area contributed by atoms with Gasteiger partial charge in [-0.05, 0) is 38.5 Å². The third kappa shape index (κ3) is 2.28. The number of aryl methyl sites for hydroxylation is 2. The van der Waals surface area contributed by atoms with Crippen molar-refractivity contribution in [1.82, 2.24) is 9.72 Å². The first kappa shape index (κ1) is 15.3. The summed E-state index contributed by atoms with van der Waals surface area (Å²) < 4.78 is 7.10. The van der Waals surface area contributed by atoms with E-state index >= 15 is 0 Å². The lowest BCUT2D eigenvalue weighted by atomic mass is 10.1. The number of hydrogen-bond acceptors (Lipinski definition) is 4. The van der Waals surface area contributed by atoms with Crippen LogP contribution in [-0.4, -0.2) is 21.3 Å². The normalized spacial score (nSPS) is 13.5. The molecule has 0 amide bonds. The molecule has 5 nitrogen and oxygen atoms in total. The van der Waals surface area contributed by atoms with E-state index in [-0.39, 0.29) is 17.1 Å². The zero-order chi connectivity index (χ0) is 17.7.